The molecule has 0 aliphatic carbocycles. The largest absolute Gasteiger partial charge is 0.495 e. The van der Waals surface area contributed by atoms with Gasteiger partial charge in [0.25, 0.3) is 0 Å². The van der Waals surface area contributed by atoms with Crippen LogP contribution in [0, 0.1) is 6.92 Å². The standard InChI is InChI=1S/C13H16ClNO2S2/c1-8-5-10(11(17-2)6-9(8)14)15-13(16)12-7-18-3-4-19-12/h5-6,12H,3-4,7H2,1-2H3,(H,15,16). The fourth-order valence-corrected chi connectivity index (χ4v) is 4.49. The van der Waals surface area contributed by atoms with Crippen LogP contribution in [-0.2, 0) is 4.79 Å². The van der Waals surface area contributed by atoms with Crippen molar-refractivity contribution in [2.24, 2.45) is 0 Å². The van der Waals surface area contributed by atoms with Crippen molar-refractivity contribution in [3.05, 3.63) is 22.7 Å². The lowest BCUT2D eigenvalue weighted by Gasteiger charge is -2.21. The summed E-state index contributed by atoms with van der Waals surface area (Å²) in [5.41, 5.74) is 1.61. The average molecular weight is 318 g/mol. The van der Waals surface area contributed by atoms with Crippen LogP contribution in [0.15, 0.2) is 12.1 Å². The summed E-state index contributed by atoms with van der Waals surface area (Å²) in [7, 11) is 1.57. The predicted molar refractivity (Wildman–Crippen MR) is 84.9 cm³/mol. The maximum atomic E-state index is 12.2. The van der Waals surface area contributed by atoms with E-state index in [-0.39, 0.29) is 11.2 Å². The van der Waals surface area contributed by atoms with E-state index in [2.05, 4.69) is 5.32 Å². The molecule has 0 saturated carbocycles. The molecule has 0 radical (unpaired) electrons. The van der Waals surface area contributed by atoms with Crippen LogP contribution >= 0.6 is 35.1 Å². The normalized spacial score (nSPS) is 19.0. The molecule has 2 rings (SSSR count). The topological polar surface area (TPSA) is 38.3 Å². The van der Waals surface area contributed by atoms with Gasteiger partial charge in [0.05, 0.1) is 18.0 Å². The molecular formula is C13H16ClNO2S2. The summed E-state index contributed by atoms with van der Waals surface area (Å²) in [6.45, 7) is 1.91. The number of amides is 1. The number of aryl methyl sites for hydroxylation is 1. The highest BCUT2D eigenvalue weighted by Crippen LogP contribution is 2.32. The van der Waals surface area contributed by atoms with Crippen molar-refractivity contribution in [2.45, 2.75) is 12.2 Å². The summed E-state index contributed by atoms with van der Waals surface area (Å²) in [4.78, 5) is 12.2. The molecule has 1 atom stereocenters. The number of hydrogen-bond acceptors (Lipinski definition) is 4. The number of rotatable bonds is 3. The minimum Gasteiger partial charge on any atom is -0.495 e. The number of hydrogen-bond donors (Lipinski definition) is 1. The molecule has 1 aromatic rings. The molecule has 1 saturated heterocycles. The van der Waals surface area contributed by atoms with Crippen LogP contribution in [0.5, 0.6) is 5.75 Å². The Balaban J connectivity index is 2.13. The Hall–Kier alpha value is -0.520. The minimum atomic E-state index is 0.0134. The van der Waals surface area contributed by atoms with Gasteiger partial charge < -0.3 is 10.1 Å². The molecule has 1 amide bonds. The van der Waals surface area contributed by atoms with E-state index in [0.717, 1.165) is 22.8 Å². The molecule has 1 fully saturated rings. The number of anilines is 1. The summed E-state index contributed by atoms with van der Waals surface area (Å²) in [6, 6.07) is 3.58. The van der Waals surface area contributed by atoms with E-state index in [1.54, 1.807) is 24.9 Å². The Kier molecular flexibility index (Phi) is 5.30. The van der Waals surface area contributed by atoms with Gasteiger partial charge >= 0.3 is 0 Å². The fraction of sp³-hybridized carbons (Fsp3) is 0.462. The van der Waals surface area contributed by atoms with E-state index in [4.69, 9.17) is 16.3 Å². The lowest BCUT2D eigenvalue weighted by atomic mass is 10.2. The van der Waals surface area contributed by atoms with Crippen molar-refractivity contribution < 1.29 is 9.53 Å². The first-order valence-electron chi connectivity index (χ1n) is 5.96. The van der Waals surface area contributed by atoms with Crippen LogP contribution in [0.25, 0.3) is 0 Å². The highest BCUT2D eigenvalue weighted by atomic mass is 35.5. The summed E-state index contributed by atoms with van der Waals surface area (Å²) in [5.74, 6) is 3.65. The number of benzene rings is 1. The molecule has 0 spiro atoms. The zero-order valence-corrected chi connectivity index (χ0v) is 13.3. The molecule has 0 aromatic heterocycles. The third-order valence-corrected chi connectivity index (χ3v) is 6.01. The van der Waals surface area contributed by atoms with E-state index in [0.29, 0.717) is 16.5 Å². The fourth-order valence-electron chi connectivity index (χ4n) is 1.78. The number of carbonyl (C=O) groups excluding carboxylic acids is 1. The van der Waals surface area contributed by atoms with Crippen LogP contribution in [-0.4, -0.2) is 35.5 Å². The van der Waals surface area contributed by atoms with Gasteiger partial charge in [0.1, 0.15) is 5.75 Å². The Bertz CT molecular complexity index is 476. The number of ether oxygens (including phenoxy) is 1. The van der Waals surface area contributed by atoms with Gasteiger partial charge in [-0.05, 0) is 18.6 Å². The minimum absolute atomic E-state index is 0.0134. The number of nitrogens with one attached hydrogen (secondary N) is 1. The molecule has 1 unspecified atom stereocenters. The van der Waals surface area contributed by atoms with Gasteiger partial charge in [0.15, 0.2) is 0 Å². The average Bonchev–Trinajstić information content (AvgIpc) is 2.43. The smallest absolute Gasteiger partial charge is 0.238 e. The first kappa shape index (κ1) is 14.9. The SMILES string of the molecule is COc1cc(Cl)c(C)cc1NC(=O)C1CSCCS1. The van der Waals surface area contributed by atoms with Gasteiger partial charge in [-0.2, -0.15) is 11.8 Å². The van der Waals surface area contributed by atoms with Crippen LogP contribution < -0.4 is 10.1 Å². The Morgan fingerprint density at radius 1 is 1.47 bits per heavy atom. The van der Waals surface area contributed by atoms with Gasteiger partial charge in [0.2, 0.25) is 5.91 Å². The number of thioether (sulfide) groups is 2. The summed E-state index contributed by atoms with van der Waals surface area (Å²) in [6.07, 6.45) is 0. The van der Waals surface area contributed by atoms with Crippen molar-refractivity contribution >= 4 is 46.7 Å². The second-order valence-electron chi connectivity index (χ2n) is 4.23. The van der Waals surface area contributed by atoms with Crippen molar-refractivity contribution in [2.75, 3.05) is 29.7 Å². The Labute approximate surface area is 126 Å². The monoisotopic (exact) mass is 317 g/mol. The molecule has 1 aliphatic heterocycles. The number of carbonyl (C=O) groups is 1. The van der Waals surface area contributed by atoms with E-state index in [1.165, 1.54) is 0 Å². The second kappa shape index (κ2) is 6.77. The van der Waals surface area contributed by atoms with E-state index in [9.17, 15) is 4.79 Å². The van der Waals surface area contributed by atoms with Crippen molar-refractivity contribution in [3.8, 4) is 5.75 Å². The van der Waals surface area contributed by atoms with Gasteiger partial charge in [-0.3, -0.25) is 4.79 Å². The summed E-state index contributed by atoms with van der Waals surface area (Å²) < 4.78 is 5.26. The Morgan fingerprint density at radius 3 is 2.89 bits per heavy atom. The molecule has 6 heteroatoms. The molecule has 19 heavy (non-hydrogen) atoms. The maximum absolute atomic E-state index is 12.2. The zero-order valence-electron chi connectivity index (χ0n) is 10.9. The highest BCUT2D eigenvalue weighted by Gasteiger charge is 2.23. The van der Waals surface area contributed by atoms with Gasteiger partial charge in [-0.15, -0.1) is 11.8 Å². The van der Waals surface area contributed by atoms with Crippen LogP contribution in [0.2, 0.25) is 5.02 Å². The van der Waals surface area contributed by atoms with Crippen molar-refractivity contribution in [1.82, 2.24) is 0 Å². The van der Waals surface area contributed by atoms with Gasteiger partial charge in [-0.25, -0.2) is 0 Å². The quantitative estimate of drug-likeness (QED) is 0.926. The summed E-state index contributed by atoms with van der Waals surface area (Å²) in [5, 5.41) is 3.59. The van der Waals surface area contributed by atoms with Gasteiger partial charge in [-0.1, -0.05) is 11.6 Å². The maximum Gasteiger partial charge on any atom is 0.238 e. The molecule has 0 bridgehead atoms. The highest BCUT2D eigenvalue weighted by molar-refractivity contribution is 8.07. The van der Waals surface area contributed by atoms with Crippen LogP contribution in [0.1, 0.15) is 5.56 Å². The number of halogens is 1. The third kappa shape index (κ3) is 3.74. The van der Waals surface area contributed by atoms with Crippen LogP contribution in [0.3, 0.4) is 0 Å². The second-order valence-corrected chi connectivity index (χ2v) is 7.09. The van der Waals surface area contributed by atoms with Crippen LogP contribution in [0.4, 0.5) is 5.69 Å². The first-order chi connectivity index (χ1) is 9.11. The lowest BCUT2D eigenvalue weighted by Crippen LogP contribution is -2.30. The molecular weight excluding hydrogens is 302 g/mol. The summed E-state index contributed by atoms with van der Waals surface area (Å²) >= 11 is 9.58. The molecule has 104 valence electrons. The molecule has 3 nitrogen and oxygen atoms in total. The molecule has 1 heterocycles. The molecule has 1 aromatic carbocycles. The zero-order chi connectivity index (χ0) is 13.8. The van der Waals surface area contributed by atoms with E-state index < -0.39 is 0 Å². The van der Waals surface area contributed by atoms with Gasteiger partial charge in [0, 0.05) is 28.3 Å². The first-order valence-corrected chi connectivity index (χ1v) is 8.54. The molecule has 1 N–H and O–H groups in total. The molecule has 1 aliphatic rings. The van der Waals surface area contributed by atoms with E-state index in [1.807, 2.05) is 24.8 Å². The van der Waals surface area contributed by atoms with Crippen molar-refractivity contribution in [1.29, 1.82) is 0 Å². The van der Waals surface area contributed by atoms with Crippen molar-refractivity contribution in [3.63, 3.8) is 0 Å². The predicted octanol–water partition coefficient (Wildman–Crippen LogP) is 3.44. The third-order valence-electron chi connectivity index (χ3n) is 2.85. The lowest BCUT2D eigenvalue weighted by molar-refractivity contribution is -0.115. The Morgan fingerprint density at radius 2 is 2.26 bits per heavy atom. The van der Waals surface area contributed by atoms with E-state index >= 15 is 0 Å². The number of methoxy groups -OCH3 is 1.